The Balaban J connectivity index is 1.44. The summed E-state index contributed by atoms with van der Waals surface area (Å²) in [6.45, 7) is 5.48. The summed E-state index contributed by atoms with van der Waals surface area (Å²) in [6.07, 6.45) is 9.23. The molecule has 0 atom stereocenters. The molecule has 8 heteroatoms. The number of aliphatic imine (C=N–C) groups is 2. The predicted molar refractivity (Wildman–Crippen MR) is 122 cm³/mol. The molecule has 0 unspecified atom stereocenters. The van der Waals surface area contributed by atoms with Crippen LogP contribution in [0.2, 0.25) is 0 Å². The molecular formula is C23H29N6O2+. The van der Waals surface area contributed by atoms with Crippen LogP contribution in [0.1, 0.15) is 19.3 Å². The number of pyridine rings is 1. The van der Waals surface area contributed by atoms with Crippen molar-refractivity contribution in [3.05, 3.63) is 48.1 Å². The van der Waals surface area contributed by atoms with Crippen LogP contribution in [-0.2, 0) is 4.74 Å². The molecule has 0 bridgehead atoms. The fourth-order valence-corrected chi connectivity index (χ4v) is 4.48. The van der Waals surface area contributed by atoms with Crippen molar-refractivity contribution >= 4 is 28.4 Å². The molecule has 5 rings (SSSR count). The number of aromatic nitrogens is 2. The van der Waals surface area contributed by atoms with Gasteiger partial charge in [-0.05, 0) is 31.4 Å². The molecule has 2 aliphatic heterocycles. The van der Waals surface area contributed by atoms with Gasteiger partial charge < -0.3 is 19.6 Å². The van der Waals surface area contributed by atoms with Crippen molar-refractivity contribution in [1.29, 1.82) is 0 Å². The highest BCUT2D eigenvalue weighted by molar-refractivity contribution is 6.22. The number of nitrogens with zero attached hydrogens (tertiary/aromatic N) is 5. The number of allylic oxidation sites excluding steroid dienone is 2. The molecule has 2 aromatic heterocycles. The number of hydrogen-bond donors (Lipinski definition) is 2. The Labute approximate surface area is 181 Å². The van der Waals surface area contributed by atoms with E-state index in [1.807, 2.05) is 28.9 Å². The zero-order valence-electron chi connectivity index (χ0n) is 17.9. The van der Waals surface area contributed by atoms with Gasteiger partial charge in [-0.1, -0.05) is 6.07 Å². The average Bonchev–Trinajstić information content (AvgIpc) is 3.12. The molecule has 0 amide bonds. The van der Waals surface area contributed by atoms with Crippen molar-refractivity contribution < 1.29 is 14.3 Å². The van der Waals surface area contributed by atoms with Gasteiger partial charge in [0.2, 0.25) is 0 Å². The lowest BCUT2D eigenvalue weighted by Crippen LogP contribution is -2.50. The van der Waals surface area contributed by atoms with Crippen LogP contribution in [0.4, 0.5) is 11.5 Å². The highest BCUT2D eigenvalue weighted by atomic mass is 16.5. The molecule has 0 radical (unpaired) electrons. The topological polar surface area (TPSA) is 83.5 Å². The third-order valence-corrected chi connectivity index (χ3v) is 6.27. The number of rotatable bonds is 5. The van der Waals surface area contributed by atoms with E-state index in [-0.39, 0.29) is 5.76 Å². The molecule has 3 aliphatic rings. The van der Waals surface area contributed by atoms with Gasteiger partial charge in [-0.2, -0.15) is 0 Å². The monoisotopic (exact) mass is 421 g/mol. The van der Waals surface area contributed by atoms with Crippen molar-refractivity contribution in [3.8, 4) is 0 Å². The van der Waals surface area contributed by atoms with Crippen LogP contribution in [0.3, 0.4) is 0 Å². The minimum atomic E-state index is 0.0839. The van der Waals surface area contributed by atoms with Crippen molar-refractivity contribution in [1.82, 2.24) is 9.61 Å². The van der Waals surface area contributed by atoms with E-state index in [4.69, 9.17) is 14.8 Å². The number of nitrogens with one attached hydrogen (secondary N) is 1. The lowest BCUT2D eigenvalue weighted by molar-refractivity contribution is -0.912. The SMILES string of the molecule is C[N+]1(CCNc2nn3ccccc3c2/N=C2\C=C3OCCN=C3C=C2O)CCCCC1. The van der Waals surface area contributed by atoms with E-state index in [2.05, 4.69) is 17.4 Å². The molecule has 8 nitrogen and oxygen atoms in total. The molecule has 1 aliphatic carbocycles. The lowest BCUT2D eigenvalue weighted by atomic mass is 10.1. The molecule has 0 saturated carbocycles. The first-order chi connectivity index (χ1) is 15.1. The number of likely N-dealkylation sites (tertiary alicyclic amines) is 1. The summed E-state index contributed by atoms with van der Waals surface area (Å²) in [5.41, 5.74) is 2.71. The van der Waals surface area contributed by atoms with E-state index in [1.54, 1.807) is 12.2 Å². The number of likely N-dealkylation sites (N-methyl/N-ethyl adjacent to an activating group) is 1. The zero-order valence-corrected chi connectivity index (χ0v) is 17.9. The van der Waals surface area contributed by atoms with Gasteiger partial charge in [-0.15, -0.1) is 5.10 Å². The fraction of sp³-hybridized carbons (Fsp3) is 0.435. The second-order valence-corrected chi connectivity index (χ2v) is 8.66. The van der Waals surface area contributed by atoms with Crippen molar-refractivity contribution in [2.45, 2.75) is 19.3 Å². The normalized spacial score (nSPS) is 21.7. The van der Waals surface area contributed by atoms with E-state index in [1.165, 1.54) is 32.4 Å². The van der Waals surface area contributed by atoms with E-state index in [0.717, 1.165) is 28.9 Å². The Bertz CT molecular complexity index is 1100. The van der Waals surface area contributed by atoms with E-state index < -0.39 is 0 Å². The average molecular weight is 422 g/mol. The van der Waals surface area contributed by atoms with Crippen LogP contribution in [0.15, 0.2) is 58.1 Å². The summed E-state index contributed by atoms with van der Waals surface area (Å²) in [5, 5.41) is 18.8. The van der Waals surface area contributed by atoms with Crippen LogP contribution in [0, 0.1) is 0 Å². The number of anilines is 1. The minimum Gasteiger partial charge on any atom is -0.506 e. The number of fused-ring (bicyclic) bond motifs is 2. The Morgan fingerprint density at radius 3 is 2.97 bits per heavy atom. The molecule has 162 valence electrons. The maximum atomic E-state index is 10.5. The Hall–Kier alpha value is -3.13. The Kier molecular flexibility index (Phi) is 5.23. The second-order valence-electron chi connectivity index (χ2n) is 8.66. The molecule has 0 spiro atoms. The third-order valence-electron chi connectivity index (χ3n) is 6.27. The first kappa shape index (κ1) is 19.8. The molecule has 31 heavy (non-hydrogen) atoms. The van der Waals surface area contributed by atoms with Gasteiger partial charge in [0, 0.05) is 18.3 Å². The fourth-order valence-electron chi connectivity index (χ4n) is 4.48. The van der Waals surface area contributed by atoms with Crippen LogP contribution in [-0.4, -0.2) is 77.0 Å². The van der Waals surface area contributed by atoms with Gasteiger partial charge >= 0.3 is 0 Å². The van der Waals surface area contributed by atoms with Crippen molar-refractivity contribution in [3.63, 3.8) is 0 Å². The van der Waals surface area contributed by atoms with Gasteiger partial charge in [-0.25, -0.2) is 9.51 Å². The molecule has 2 N–H and O–H groups in total. The predicted octanol–water partition coefficient (Wildman–Crippen LogP) is 3.26. The summed E-state index contributed by atoms with van der Waals surface area (Å²) < 4.78 is 8.61. The van der Waals surface area contributed by atoms with Gasteiger partial charge in [0.1, 0.15) is 35.2 Å². The molecule has 0 aromatic carbocycles. The molecule has 1 fully saturated rings. The van der Waals surface area contributed by atoms with Crippen LogP contribution in [0.5, 0.6) is 0 Å². The van der Waals surface area contributed by atoms with Gasteiger partial charge in [0.05, 0.1) is 45.3 Å². The number of hydrogen-bond acceptors (Lipinski definition) is 6. The first-order valence-electron chi connectivity index (χ1n) is 11.1. The quantitative estimate of drug-likeness (QED) is 0.573. The molecule has 4 heterocycles. The highest BCUT2D eigenvalue weighted by Crippen LogP contribution is 2.31. The van der Waals surface area contributed by atoms with Crippen LogP contribution < -0.4 is 5.32 Å². The zero-order chi connectivity index (χ0) is 21.3. The molecule has 1 saturated heterocycles. The number of ether oxygens (including phenoxy) is 1. The van der Waals surface area contributed by atoms with Crippen molar-refractivity contribution in [2.75, 3.05) is 51.7 Å². The number of aliphatic hydroxyl groups excluding tert-OH is 1. The second kappa shape index (κ2) is 8.19. The maximum absolute atomic E-state index is 10.5. The number of piperidine rings is 1. The molecule has 2 aromatic rings. The Morgan fingerprint density at radius 2 is 2.10 bits per heavy atom. The highest BCUT2D eigenvalue weighted by Gasteiger charge is 2.25. The lowest BCUT2D eigenvalue weighted by Gasteiger charge is -2.37. The summed E-state index contributed by atoms with van der Waals surface area (Å²) in [4.78, 5) is 9.19. The van der Waals surface area contributed by atoms with E-state index in [9.17, 15) is 5.11 Å². The summed E-state index contributed by atoms with van der Waals surface area (Å²) in [7, 11) is 2.34. The third kappa shape index (κ3) is 4.07. The van der Waals surface area contributed by atoms with Gasteiger partial charge in [-0.3, -0.25) is 4.99 Å². The maximum Gasteiger partial charge on any atom is 0.175 e. The minimum absolute atomic E-state index is 0.0839. The first-order valence-corrected chi connectivity index (χ1v) is 11.1. The Morgan fingerprint density at radius 1 is 1.23 bits per heavy atom. The standard InChI is InChI=1S/C23H28N6O2/c1-29(11-5-2-6-12-29)13-8-25-23-22(19-7-3-4-10-28(19)27-23)26-17-16-21-18(15-20(17)30)24-9-14-31-21/h3-4,7,10,15-16H,2,5-6,8-9,11-14H2,1H3,(H-,24,25,27,30)/p+1/b26-17+. The van der Waals surface area contributed by atoms with Crippen LogP contribution in [0.25, 0.3) is 5.52 Å². The van der Waals surface area contributed by atoms with Crippen LogP contribution >= 0.6 is 0 Å². The number of quaternary nitrogens is 1. The largest absolute Gasteiger partial charge is 0.506 e. The van der Waals surface area contributed by atoms with E-state index in [0.29, 0.717) is 36.0 Å². The van der Waals surface area contributed by atoms with E-state index >= 15 is 0 Å². The smallest absolute Gasteiger partial charge is 0.175 e. The summed E-state index contributed by atoms with van der Waals surface area (Å²) in [6, 6.07) is 5.89. The van der Waals surface area contributed by atoms with Gasteiger partial charge in [0.15, 0.2) is 5.82 Å². The summed E-state index contributed by atoms with van der Waals surface area (Å²) >= 11 is 0. The van der Waals surface area contributed by atoms with Gasteiger partial charge in [0.25, 0.3) is 0 Å². The van der Waals surface area contributed by atoms with Crippen molar-refractivity contribution in [2.24, 2.45) is 9.98 Å². The number of aliphatic hydroxyl groups is 1. The molecular weight excluding hydrogens is 392 g/mol. The summed E-state index contributed by atoms with van der Waals surface area (Å²) in [5.74, 6) is 1.45.